The minimum Gasteiger partial charge on any atom is -0.335 e. The van der Waals surface area contributed by atoms with E-state index in [2.05, 4.69) is 10.2 Å². The quantitative estimate of drug-likeness (QED) is 0.858. The fourth-order valence-electron chi connectivity index (χ4n) is 2.18. The van der Waals surface area contributed by atoms with Gasteiger partial charge in [-0.3, -0.25) is 14.6 Å². The molecule has 1 N–H and O–H groups in total. The van der Waals surface area contributed by atoms with Crippen molar-refractivity contribution in [2.24, 2.45) is 0 Å². The van der Waals surface area contributed by atoms with Crippen LogP contribution in [0.3, 0.4) is 0 Å². The third kappa shape index (κ3) is 3.09. The highest BCUT2D eigenvalue weighted by molar-refractivity contribution is 8.14. The lowest BCUT2D eigenvalue weighted by molar-refractivity contribution is -0.109. The highest BCUT2D eigenvalue weighted by Gasteiger charge is 2.40. The van der Waals surface area contributed by atoms with Gasteiger partial charge in [-0.1, -0.05) is 23.5 Å². The molecule has 104 valence electrons. The molecule has 2 heterocycles. The Bertz CT molecular complexity index is 419. The number of carbonyl (C=O) groups is 2. The fourth-order valence-corrected chi connectivity index (χ4v) is 4.16. The van der Waals surface area contributed by atoms with Crippen LogP contribution >= 0.6 is 23.5 Å². The Hall–Kier alpha value is -0.660. The number of hydrogen-bond acceptors (Lipinski definition) is 5. The summed E-state index contributed by atoms with van der Waals surface area (Å²) in [5, 5.41) is 5.52. The molecule has 3 aliphatic rings. The summed E-state index contributed by atoms with van der Waals surface area (Å²) >= 11 is 3.05. The van der Waals surface area contributed by atoms with Crippen LogP contribution in [-0.2, 0) is 4.79 Å². The third-order valence-electron chi connectivity index (χ3n) is 3.32. The summed E-state index contributed by atoms with van der Waals surface area (Å²) in [6.07, 6.45) is 4.04. The Morgan fingerprint density at radius 2 is 2.11 bits per heavy atom. The molecule has 0 bridgehead atoms. The predicted molar refractivity (Wildman–Crippen MR) is 77.5 cm³/mol. The molecule has 2 fully saturated rings. The Morgan fingerprint density at radius 1 is 1.37 bits per heavy atom. The van der Waals surface area contributed by atoms with Gasteiger partial charge in [0.2, 0.25) is 0 Å². The van der Waals surface area contributed by atoms with Gasteiger partial charge in [-0.05, 0) is 18.2 Å². The summed E-state index contributed by atoms with van der Waals surface area (Å²) in [5.74, 6) is 0. The van der Waals surface area contributed by atoms with Gasteiger partial charge in [0, 0.05) is 37.5 Å². The monoisotopic (exact) mass is 299 g/mol. The molecular formula is C12H17N3O2S2. The summed E-state index contributed by atoms with van der Waals surface area (Å²) in [6.45, 7) is 3.35. The lowest BCUT2D eigenvalue weighted by atomic mass is 10.2. The van der Waals surface area contributed by atoms with Crippen LogP contribution in [0.4, 0.5) is 4.79 Å². The van der Waals surface area contributed by atoms with Crippen LogP contribution in [0.15, 0.2) is 11.6 Å². The maximum Gasteiger partial charge on any atom is 0.323 e. The van der Waals surface area contributed by atoms with Crippen molar-refractivity contribution >= 4 is 34.7 Å². The van der Waals surface area contributed by atoms with Gasteiger partial charge in [0.1, 0.15) is 5.50 Å². The average Bonchev–Trinajstić information content (AvgIpc) is 2.97. The van der Waals surface area contributed by atoms with Gasteiger partial charge in [0.15, 0.2) is 5.12 Å². The molecule has 19 heavy (non-hydrogen) atoms. The minimum absolute atomic E-state index is 0.00331. The van der Waals surface area contributed by atoms with E-state index in [4.69, 9.17) is 0 Å². The van der Waals surface area contributed by atoms with Gasteiger partial charge >= 0.3 is 6.03 Å². The Morgan fingerprint density at radius 3 is 2.74 bits per heavy atom. The van der Waals surface area contributed by atoms with Crippen molar-refractivity contribution in [3.05, 3.63) is 11.6 Å². The van der Waals surface area contributed by atoms with Crippen LogP contribution < -0.4 is 5.32 Å². The van der Waals surface area contributed by atoms with Crippen LogP contribution in [-0.4, -0.2) is 50.8 Å². The van der Waals surface area contributed by atoms with E-state index in [9.17, 15) is 9.59 Å². The second-order valence-electron chi connectivity index (χ2n) is 5.06. The largest absolute Gasteiger partial charge is 0.335 e. The number of rotatable bonds is 3. The SMILES string of the molecule is CC(=O)SC1CN(C2SC=CN2C(=O)NC2CC2)C1. The van der Waals surface area contributed by atoms with E-state index in [0.29, 0.717) is 11.3 Å². The zero-order valence-corrected chi connectivity index (χ0v) is 12.4. The number of amides is 2. The number of thioether (sulfide) groups is 2. The Labute approximate surface area is 121 Å². The van der Waals surface area contributed by atoms with Crippen molar-refractivity contribution < 1.29 is 9.59 Å². The van der Waals surface area contributed by atoms with Crippen LogP contribution in [0.25, 0.3) is 0 Å². The van der Waals surface area contributed by atoms with E-state index in [1.54, 1.807) is 23.6 Å². The summed E-state index contributed by atoms with van der Waals surface area (Å²) < 4.78 is 0. The average molecular weight is 299 g/mol. The Kier molecular flexibility index (Phi) is 3.77. The summed E-state index contributed by atoms with van der Waals surface area (Å²) in [5.41, 5.74) is 0.0579. The van der Waals surface area contributed by atoms with E-state index in [-0.39, 0.29) is 16.6 Å². The molecule has 5 nitrogen and oxygen atoms in total. The first kappa shape index (κ1) is 13.3. The van der Waals surface area contributed by atoms with Gasteiger partial charge < -0.3 is 5.32 Å². The van der Waals surface area contributed by atoms with Gasteiger partial charge in [0.25, 0.3) is 0 Å². The van der Waals surface area contributed by atoms with Crippen molar-refractivity contribution in [1.29, 1.82) is 0 Å². The van der Waals surface area contributed by atoms with E-state index < -0.39 is 0 Å². The molecule has 2 aliphatic heterocycles. The molecule has 2 amide bonds. The van der Waals surface area contributed by atoms with E-state index >= 15 is 0 Å². The fraction of sp³-hybridized carbons (Fsp3) is 0.667. The predicted octanol–water partition coefficient (Wildman–Crippen LogP) is 1.63. The molecule has 1 saturated heterocycles. The number of nitrogens with zero attached hydrogens (tertiary/aromatic N) is 2. The second kappa shape index (κ2) is 5.38. The van der Waals surface area contributed by atoms with Gasteiger partial charge in [0.05, 0.1) is 0 Å². The van der Waals surface area contributed by atoms with E-state index in [1.807, 2.05) is 11.6 Å². The first-order valence-corrected chi connectivity index (χ1v) is 8.28. The van der Waals surface area contributed by atoms with E-state index in [1.165, 1.54) is 11.8 Å². The first-order valence-electron chi connectivity index (χ1n) is 6.46. The molecule has 1 aliphatic carbocycles. The van der Waals surface area contributed by atoms with Crippen molar-refractivity contribution in [2.75, 3.05) is 13.1 Å². The molecule has 3 rings (SSSR count). The molecule has 0 aromatic carbocycles. The Balaban J connectivity index is 1.50. The van der Waals surface area contributed by atoms with Crippen LogP contribution in [0.5, 0.6) is 0 Å². The highest BCUT2D eigenvalue weighted by atomic mass is 32.2. The molecule has 1 saturated carbocycles. The molecule has 0 aromatic rings. The smallest absolute Gasteiger partial charge is 0.323 e. The van der Waals surface area contributed by atoms with E-state index in [0.717, 1.165) is 25.9 Å². The zero-order chi connectivity index (χ0) is 13.4. The van der Waals surface area contributed by atoms with Crippen molar-refractivity contribution in [3.8, 4) is 0 Å². The van der Waals surface area contributed by atoms with Gasteiger partial charge in [-0.2, -0.15) is 0 Å². The molecule has 1 unspecified atom stereocenters. The molecule has 0 aromatic heterocycles. The molecular weight excluding hydrogens is 282 g/mol. The number of likely N-dealkylation sites (tertiary alicyclic amines) is 1. The third-order valence-corrected chi connectivity index (χ3v) is 5.33. The summed E-state index contributed by atoms with van der Waals surface area (Å²) in [6, 6.07) is 0.376. The van der Waals surface area contributed by atoms with Crippen LogP contribution in [0.2, 0.25) is 0 Å². The number of carbonyl (C=O) groups excluding carboxylic acids is 2. The van der Waals surface area contributed by atoms with Crippen molar-refractivity contribution in [3.63, 3.8) is 0 Å². The topological polar surface area (TPSA) is 52.7 Å². The summed E-state index contributed by atoms with van der Waals surface area (Å²) in [4.78, 5) is 27.1. The number of nitrogens with one attached hydrogen (secondary N) is 1. The molecule has 1 atom stereocenters. The number of hydrogen-bond donors (Lipinski definition) is 1. The summed E-state index contributed by atoms with van der Waals surface area (Å²) in [7, 11) is 0. The standard InChI is InChI=1S/C12H17N3O2S2/c1-8(16)19-10-6-14(7-10)12-15(4-5-18-12)11(17)13-9-2-3-9/h4-5,9-10,12H,2-3,6-7H2,1H3,(H,13,17). The first-order chi connectivity index (χ1) is 9.13. The molecule has 0 spiro atoms. The van der Waals surface area contributed by atoms with Crippen LogP contribution in [0.1, 0.15) is 19.8 Å². The lowest BCUT2D eigenvalue weighted by Crippen LogP contribution is -2.58. The van der Waals surface area contributed by atoms with Crippen molar-refractivity contribution in [2.45, 2.75) is 36.6 Å². The number of urea groups is 1. The second-order valence-corrected chi connectivity index (χ2v) is 7.51. The minimum atomic E-state index is -0.00331. The lowest BCUT2D eigenvalue weighted by Gasteiger charge is -2.44. The van der Waals surface area contributed by atoms with Crippen LogP contribution in [0, 0.1) is 0 Å². The highest BCUT2D eigenvalue weighted by Crippen LogP contribution is 2.35. The maximum atomic E-state index is 12.1. The zero-order valence-electron chi connectivity index (χ0n) is 10.7. The van der Waals surface area contributed by atoms with Crippen molar-refractivity contribution in [1.82, 2.24) is 15.1 Å². The van der Waals surface area contributed by atoms with Gasteiger partial charge in [-0.25, -0.2) is 4.79 Å². The maximum absolute atomic E-state index is 12.1. The normalized spacial score (nSPS) is 27.4. The molecule has 0 radical (unpaired) electrons. The molecule has 7 heteroatoms. The van der Waals surface area contributed by atoms with Gasteiger partial charge in [-0.15, -0.1) is 0 Å².